The van der Waals surface area contributed by atoms with E-state index >= 15 is 0 Å². The van der Waals surface area contributed by atoms with E-state index in [2.05, 4.69) is 15.1 Å². The van der Waals surface area contributed by atoms with Gasteiger partial charge >= 0.3 is 0 Å². The molecule has 0 aliphatic rings. The molecule has 0 aliphatic carbocycles. The van der Waals surface area contributed by atoms with E-state index in [0.717, 1.165) is 5.69 Å². The van der Waals surface area contributed by atoms with Crippen molar-refractivity contribution in [1.29, 1.82) is 0 Å². The molecule has 0 aliphatic heterocycles. The predicted octanol–water partition coefficient (Wildman–Crippen LogP) is 1.62. The van der Waals surface area contributed by atoms with Crippen molar-refractivity contribution in [1.82, 2.24) is 15.1 Å². The van der Waals surface area contributed by atoms with E-state index in [9.17, 15) is 5.11 Å². The molecule has 16 heavy (non-hydrogen) atoms. The zero-order chi connectivity index (χ0) is 11.5. The number of H-pyrrole nitrogens is 1. The van der Waals surface area contributed by atoms with Gasteiger partial charge in [-0.2, -0.15) is 4.98 Å². The van der Waals surface area contributed by atoms with Gasteiger partial charge in [-0.3, -0.25) is 0 Å². The van der Waals surface area contributed by atoms with Crippen molar-refractivity contribution in [3.05, 3.63) is 24.2 Å². The summed E-state index contributed by atoms with van der Waals surface area (Å²) in [6.45, 7) is 3.90. The number of hydrogen-bond donors (Lipinski definition) is 2. The maximum Gasteiger partial charge on any atom is 0.229 e. The zero-order valence-electron chi connectivity index (χ0n) is 9.34. The average Bonchev–Trinajstić information content (AvgIpc) is 2.85. The zero-order valence-corrected chi connectivity index (χ0v) is 9.34. The summed E-state index contributed by atoms with van der Waals surface area (Å²) in [6.07, 6.45) is 1.75. The highest BCUT2D eigenvalue weighted by Gasteiger charge is 2.15. The van der Waals surface area contributed by atoms with Crippen LogP contribution in [0.15, 0.2) is 22.9 Å². The number of rotatable bonds is 4. The van der Waals surface area contributed by atoms with Crippen molar-refractivity contribution < 1.29 is 9.63 Å². The maximum absolute atomic E-state index is 9.68. The molecular weight excluding hydrogens is 206 g/mol. The van der Waals surface area contributed by atoms with Crippen LogP contribution in [-0.4, -0.2) is 26.3 Å². The highest BCUT2D eigenvalue weighted by molar-refractivity contribution is 5.47. The number of aliphatic hydroxyl groups is 1. The monoisotopic (exact) mass is 221 g/mol. The lowest BCUT2D eigenvalue weighted by molar-refractivity contribution is 0.116. The van der Waals surface area contributed by atoms with E-state index in [1.165, 1.54) is 0 Å². The van der Waals surface area contributed by atoms with Gasteiger partial charge < -0.3 is 14.6 Å². The number of aromatic amines is 1. The maximum atomic E-state index is 9.68. The lowest BCUT2D eigenvalue weighted by atomic mass is 10.0. The van der Waals surface area contributed by atoms with Crippen LogP contribution in [0.3, 0.4) is 0 Å². The van der Waals surface area contributed by atoms with E-state index in [1.54, 1.807) is 6.20 Å². The average molecular weight is 221 g/mol. The van der Waals surface area contributed by atoms with Crippen LogP contribution in [0.5, 0.6) is 0 Å². The molecule has 86 valence electrons. The largest absolute Gasteiger partial charge is 0.392 e. The Morgan fingerprint density at radius 1 is 1.50 bits per heavy atom. The third-order valence-corrected chi connectivity index (χ3v) is 2.46. The molecule has 1 atom stereocenters. The van der Waals surface area contributed by atoms with Gasteiger partial charge in [-0.05, 0) is 18.1 Å². The van der Waals surface area contributed by atoms with Crippen LogP contribution in [0.25, 0.3) is 11.5 Å². The minimum Gasteiger partial charge on any atom is -0.392 e. The van der Waals surface area contributed by atoms with Gasteiger partial charge in [-0.25, -0.2) is 0 Å². The van der Waals surface area contributed by atoms with Gasteiger partial charge in [0.15, 0.2) is 0 Å². The molecule has 0 saturated carbocycles. The number of hydrogen-bond acceptors (Lipinski definition) is 4. The fourth-order valence-electron chi connectivity index (χ4n) is 1.33. The highest BCUT2D eigenvalue weighted by Crippen LogP contribution is 2.14. The summed E-state index contributed by atoms with van der Waals surface area (Å²) in [5.74, 6) is 1.17. The van der Waals surface area contributed by atoms with Crippen LogP contribution in [0, 0.1) is 5.92 Å². The number of aromatic nitrogens is 3. The first-order chi connectivity index (χ1) is 7.66. The van der Waals surface area contributed by atoms with Crippen molar-refractivity contribution in [3.8, 4) is 11.5 Å². The first-order valence-electron chi connectivity index (χ1n) is 5.31. The van der Waals surface area contributed by atoms with Gasteiger partial charge in [0.25, 0.3) is 0 Å². The van der Waals surface area contributed by atoms with Crippen molar-refractivity contribution in [2.45, 2.75) is 26.4 Å². The standard InChI is InChI=1S/C11H15N3O2/c1-7(2)9(15)6-10-13-11(14-16-10)8-4-3-5-12-8/h3-5,7,9,12,15H,6H2,1-2H3. The topological polar surface area (TPSA) is 74.9 Å². The molecule has 2 rings (SSSR count). The summed E-state index contributed by atoms with van der Waals surface area (Å²) >= 11 is 0. The Hall–Kier alpha value is -1.62. The van der Waals surface area contributed by atoms with Crippen LogP contribution >= 0.6 is 0 Å². The van der Waals surface area contributed by atoms with Gasteiger partial charge in [-0.15, -0.1) is 0 Å². The summed E-state index contributed by atoms with van der Waals surface area (Å²) in [5, 5.41) is 13.5. The number of aliphatic hydroxyl groups excluding tert-OH is 1. The predicted molar refractivity (Wildman–Crippen MR) is 58.6 cm³/mol. The van der Waals surface area contributed by atoms with Crippen LogP contribution < -0.4 is 0 Å². The van der Waals surface area contributed by atoms with Gasteiger partial charge in [0.2, 0.25) is 11.7 Å². The molecule has 2 aromatic rings. The fraction of sp³-hybridized carbons (Fsp3) is 0.455. The van der Waals surface area contributed by atoms with Gasteiger partial charge in [0.1, 0.15) is 0 Å². The van der Waals surface area contributed by atoms with Gasteiger partial charge in [-0.1, -0.05) is 19.0 Å². The second-order valence-corrected chi connectivity index (χ2v) is 4.11. The second kappa shape index (κ2) is 4.49. The summed E-state index contributed by atoms with van der Waals surface area (Å²) < 4.78 is 5.07. The lowest BCUT2D eigenvalue weighted by Crippen LogP contribution is -2.17. The third-order valence-electron chi connectivity index (χ3n) is 2.46. The molecule has 0 fully saturated rings. The minimum absolute atomic E-state index is 0.181. The molecule has 2 heterocycles. The van der Waals surface area contributed by atoms with Crippen molar-refractivity contribution >= 4 is 0 Å². The number of nitrogens with zero attached hydrogens (tertiary/aromatic N) is 2. The fourth-order valence-corrected chi connectivity index (χ4v) is 1.33. The van der Waals surface area contributed by atoms with Crippen molar-refractivity contribution in [2.24, 2.45) is 5.92 Å². The molecule has 0 saturated heterocycles. The molecule has 0 spiro atoms. The molecule has 5 nitrogen and oxygen atoms in total. The van der Waals surface area contributed by atoms with E-state index in [4.69, 9.17) is 4.52 Å². The smallest absolute Gasteiger partial charge is 0.229 e. The summed E-state index contributed by atoms with van der Waals surface area (Å²) in [7, 11) is 0. The quantitative estimate of drug-likeness (QED) is 0.822. The Morgan fingerprint density at radius 2 is 2.31 bits per heavy atom. The molecule has 0 amide bonds. The van der Waals surface area contributed by atoms with Gasteiger partial charge in [0, 0.05) is 6.20 Å². The summed E-state index contributed by atoms with van der Waals surface area (Å²) in [5.41, 5.74) is 0.814. The molecule has 0 aromatic carbocycles. The normalized spacial score (nSPS) is 13.2. The molecule has 2 aromatic heterocycles. The first kappa shape index (κ1) is 10.9. The van der Waals surface area contributed by atoms with E-state index in [1.807, 2.05) is 26.0 Å². The summed E-state index contributed by atoms with van der Waals surface area (Å²) in [4.78, 5) is 7.20. The van der Waals surface area contributed by atoms with Crippen LogP contribution in [0.4, 0.5) is 0 Å². The second-order valence-electron chi connectivity index (χ2n) is 4.11. The Kier molecular flexibility index (Phi) is 3.05. The molecule has 5 heteroatoms. The highest BCUT2D eigenvalue weighted by atomic mass is 16.5. The van der Waals surface area contributed by atoms with Crippen LogP contribution in [0.1, 0.15) is 19.7 Å². The Morgan fingerprint density at radius 3 is 2.94 bits per heavy atom. The summed E-state index contributed by atoms with van der Waals surface area (Å²) in [6, 6.07) is 3.74. The molecule has 0 bridgehead atoms. The third kappa shape index (κ3) is 2.30. The first-order valence-corrected chi connectivity index (χ1v) is 5.31. The molecule has 0 radical (unpaired) electrons. The van der Waals surface area contributed by atoms with E-state index in [0.29, 0.717) is 18.1 Å². The Bertz CT molecular complexity index is 434. The molecule has 2 N–H and O–H groups in total. The van der Waals surface area contributed by atoms with E-state index < -0.39 is 6.10 Å². The van der Waals surface area contributed by atoms with Crippen LogP contribution in [0.2, 0.25) is 0 Å². The van der Waals surface area contributed by atoms with Crippen molar-refractivity contribution in [3.63, 3.8) is 0 Å². The molecule has 1 unspecified atom stereocenters. The Labute approximate surface area is 93.5 Å². The van der Waals surface area contributed by atoms with Crippen LogP contribution in [-0.2, 0) is 6.42 Å². The molecular formula is C11H15N3O2. The van der Waals surface area contributed by atoms with E-state index in [-0.39, 0.29) is 5.92 Å². The Balaban J connectivity index is 2.08. The lowest BCUT2D eigenvalue weighted by Gasteiger charge is -2.10. The SMILES string of the molecule is CC(C)C(O)Cc1nc(-c2ccc[nH]2)no1. The minimum atomic E-state index is -0.447. The number of nitrogens with one attached hydrogen (secondary N) is 1. The van der Waals surface area contributed by atoms with Gasteiger partial charge in [0.05, 0.1) is 18.2 Å². The van der Waals surface area contributed by atoms with Crippen molar-refractivity contribution in [2.75, 3.05) is 0 Å².